The molecule has 0 aromatic rings. The van der Waals surface area contributed by atoms with Crippen molar-refractivity contribution in [2.75, 3.05) is 20.1 Å². The highest BCUT2D eigenvalue weighted by Gasteiger charge is 1.96. The Morgan fingerprint density at radius 3 is 2.50 bits per heavy atom. The van der Waals surface area contributed by atoms with Gasteiger partial charge < -0.3 is 16.4 Å². The zero-order valence-electron chi connectivity index (χ0n) is 6.43. The first-order valence-corrected chi connectivity index (χ1v) is 3.43. The molecule has 0 heterocycles. The summed E-state index contributed by atoms with van der Waals surface area (Å²) in [5, 5.41) is 7.01. The monoisotopic (exact) mass is 144 g/mol. The largest absolute Gasteiger partial charge is 0.370 e. The maximum atomic E-state index is 7.01. The van der Waals surface area contributed by atoms with E-state index in [-0.39, 0.29) is 5.96 Å². The molecule has 0 spiro atoms. The van der Waals surface area contributed by atoms with E-state index >= 15 is 0 Å². The minimum Gasteiger partial charge on any atom is -0.370 e. The Morgan fingerprint density at radius 2 is 2.10 bits per heavy atom. The molecule has 0 aliphatic heterocycles. The topological polar surface area (TPSA) is 79.1 Å². The van der Waals surface area contributed by atoms with Gasteiger partial charge >= 0.3 is 0 Å². The molecule has 0 unspecified atom stereocenters. The van der Waals surface area contributed by atoms with E-state index in [2.05, 4.69) is 0 Å². The standard InChI is InChI=1S/C6H16N4/c1-10(6(8)9)5-3-2-4-7/h2-5,7H2,1H3,(H3,8,9). The fourth-order valence-corrected chi connectivity index (χ4v) is 0.614. The molecule has 10 heavy (non-hydrogen) atoms. The maximum Gasteiger partial charge on any atom is 0.188 e. The quantitative estimate of drug-likeness (QED) is 0.284. The van der Waals surface area contributed by atoms with Crippen LogP contribution in [0.15, 0.2) is 0 Å². The summed E-state index contributed by atoms with van der Waals surface area (Å²) < 4.78 is 0. The summed E-state index contributed by atoms with van der Waals surface area (Å²) in [7, 11) is 1.80. The Labute approximate surface area is 61.7 Å². The van der Waals surface area contributed by atoms with Crippen molar-refractivity contribution in [3.63, 3.8) is 0 Å². The highest BCUT2D eigenvalue weighted by atomic mass is 15.2. The number of nitrogens with two attached hydrogens (primary N) is 2. The summed E-state index contributed by atoms with van der Waals surface area (Å²) in [6.45, 7) is 1.54. The van der Waals surface area contributed by atoms with Gasteiger partial charge in [-0.25, -0.2) is 0 Å². The predicted molar refractivity (Wildman–Crippen MR) is 42.8 cm³/mol. The fourth-order valence-electron chi connectivity index (χ4n) is 0.614. The van der Waals surface area contributed by atoms with Gasteiger partial charge in [-0.05, 0) is 19.4 Å². The second-order valence-electron chi connectivity index (χ2n) is 2.30. The van der Waals surface area contributed by atoms with Gasteiger partial charge in [-0.2, -0.15) is 0 Å². The second-order valence-corrected chi connectivity index (χ2v) is 2.30. The zero-order valence-corrected chi connectivity index (χ0v) is 6.43. The summed E-state index contributed by atoms with van der Waals surface area (Å²) in [5.74, 6) is 0.122. The van der Waals surface area contributed by atoms with Crippen LogP contribution in [0.1, 0.15) is 12.8 Å². The van der Waals surface area contributed by atoms with Crippen molar-refractivity contribution in [1.29, 1.82) is 5.41 Å². The Hall–Kier alpha value is -0.770. The van der Waals surface area contributed by atoms with Gasteiger partial charge in [-0.1, -0.05) is 0 Å². The molecule has 4 nitrogen and oxygen atoms in total. The Morgan fingerprint density at radius 1 is 1.50 bits per heavy atom. The molecule has 4 heteroatoms. The van der Waals surface area contributed by atoms with Crippen LogP contribution < -0.4 is 11.5 Å². The number of guanidine groups is 1. The molecule has 5 N–H and O–H groups in total. The first-order valence-electron chi connectivity index (χ1n) is 3.43. The van der Waals surface area contributed by atoms with Crippen molar-refractivity contribution in [3.8, 4) is 0 Å². The molecular weight excluding hydrogens is 128 g/mol. The van der Waals surface area contributed by atoms with E-state index in [4.69, 9.17) is 16.9 Å². The Bertz CT molecular complexity index is 102. The van der Waals surface area contributed by atoms with Crippen LogP contribution in [0.5, 0.6) is 0 Å². The van der Waals surface area contributed by atoms with Crippen LogP contribution in [0.25, 0.3) is 0 Å². The van der Waals surface area contributed by atoms with Crippen molar-refractivity contribution >= 4 is 5.96 Å². The summed E-state index contributed by atoms with van der Waals surface area (Å²) in [6.07, 6.45) is 2.00. The molecule has 0 amide bonds. The van der Waals surface area contributed by atoms with Crippen LogP contribution >= 0.6 is 0 Å². The van der Waals surface area contributed by atoms with Gasteiger partial charge in [0.1, 0.15) is 0 Å². The molecule has 0 bridgehead atoms. The van der Waals surface area contributed by atoms with Crippen LogP contribution in [0.4, 0.5) is 0 Å². The lowest BCUT2D eigenvalue weighted by Crippen LogP contribution is -2.33. The normalized spacial score (nSPS) is 9.40. The molecule has 0 rings (SSSR count). The van der Waals surface area contributed by atoms with Crippen molar-refractivity contribution in [2.24, 2.45) is 11.5 Å². The highest BCUT2D eigenvalue weighted by molar-refractivity contribution is 5.74. The molecule has 0 aromatic carbocycles. The van der Waals surface area contributed by atoms with E-state index in [0.29, 0.717) is 6.54 Å². The molecule has 60 valence electrons. The number of nitrogens with one attached hydrogen (secondary N) is 1. The molecule has 0 aromatic heterocycles. The molecular formula is C6H16N4. The summed E-state index contributed by atoms with van der Waals surface area (Å²) in [5.41, 5.74) is 10.5. The lowest BCUT2D eigenvalue weighted by molar-refractivity contribution is 0.472. The van der Waals surface area contributed by atoms with Crippen molar-refractivity contribution in [1.82, 2.24) is 4.90 Å². The smallest absolute Gasteiger partial charge is 0.188 e. The number of rotatable bonds is 4. The number of hydrogen-bond acceptors (Lipinski definition) is 2. The maximum absolute atomic E-state index is 7.01. The van der Waals surface area contributed by atoms with Gasteiger partial charge in [0.05, 0.1) is 0 Å². The summed E-state index contributed by atoms with van der Waals surface area (Å²) in [6, 6.07) is 0. The molecule has 0 fully saturated rings. The fraction of sp³-hybridized carbons (Fsp3) is 0.833. The highest BCUT2D eigenvalue weighted by Crippen LogP contribution is 1.88. The Balaban J connectivity index is 3.21. The number of hydrogen-bond donors (Lipinski definition) is 3. The molecule has 0 aliphatic rings. The lowest BCUT2D eigenvalue weighted by Gasteiger charge is -2.15. The third kappa shape index (κ3) is 4.14. The van der Waals surface area contributed by atoms with Crippen LogP contribution in [0.3, 0.4) is 0 Å². The van der Waals surface area contributed by atoms with Gasteiger partial charge in [0.15, 0.2) is 5.96 Å². The van der Waals surface area contributed by atoms with Gasteiger partial charge in [0.25, 0.3) is 0 Å². The summed E-state index contributed by atoms with van der Waals surface area (Å²) in [4.78, 5) is 1.70. The molecule has 0 saturated carbocycles. The molecule has 0 atom stereocenters. The van der Waals surface area contributed by atoms with E-state index < -0.39 is 0 Å². The minimum absolute atomic E-state index is 0.122. The van der Waals surface area contributed by atoms with Crippen LogP contribution in [-0.2, 0) is 0 Å². The van der Waals surface area contributed by atoms with E-state index in [1.54, 1.807) is 11.9 Å². The third-order valence-corrected chi connectivity index (χ3v) is 1.36. The van der Waals surface area contributed by atoms with Crippen LogP contribution in [0.2, 0.25) is 0 Å². The van der Waals surface area contributed by atoms with Gasteiger partial charge in [-0.15, -0.1) is 0 Å². The number of nitrogens with zero attached hydrogens (tertiary/aromatic N) is 1. The van der Waals surface area contributed by atoms with Gasteiger partial charge in [0.2, 0.25) is 0 Å². The molecule has 0 saturated heterocycles. The van der Waals surface area contributed by atoms with E-state index in [9.17, 15) is 0 Å². The lowest BCUT2D eigenvalue weighted by atomic mass is 10.3. The van der Waals surface area contributed by atoms with Crippen LogP contribution in [0, 0.1) is 5.41 Å². The van der Waals surface area contributed by atoms with Crippen molar-refractivity contribution < 1.29 is 0 Å². The zero-order chi connectivity index (χ0) is 7.98. The van der Waals surface area contributed by atoms with Crippen molar-refractivity contribution in [3.05, 3.63) is 0 Å². The first kappa shape index (κ1) is 9.23. The first-order chi connectivity index (χ1) is 4.68. The average molecular weight is 144 g/mol. The van der Waals surface area contributed by atoms with E-state index in [1.807, 2.05) is 0 Å². The van der Waals surface area contributed by atoms with E-state index in [0.717, 1.165) is 19.4 Å². The second kappa shape index (κ2) is 5.05. The molecule has 0 aliphatic carbocycles. The number of unbranched alkanes of at least 4 members (excludes halogenated alkanes) is 1. The van der Waals surface area contributed by atoms with Crippen molar-refractivity contribution in [2.45, 2.75) is 12.8 Å². The van der Waals surface area contributed by atoms with Crippen LogP contribution in [-0.4, -0.2) is 31.0 Å². The average Bonchev–Trinajstić information content (AvgIpc) is 1.88. The SMILES string of the molecule is CN(CCCCN)C(=N)N. The predicted octanol–water partition coefficient (Wildman–Crippen LogP) is -0.449. The third-order valence-electron chi connectivity index (χ3n) is 1.36. The minimum atomic E-state index is 0.122. The van der Waals surface area contributed by atoms with Gasteiger partial charge in [-0.3, -0.25) is 5.41 Å². The van der Waals surface area contributed by atoms with E-state index in [1.165, 1.54) is 0 Å². The van der Waals surface area contributed by atoms with Gasteiger partial charge in [0, 0.05) is 13.6 Å². The Kier molecular flexibility index (Phi) is 4.66. The molecule has 0 radical (unpaired) electrons. The summed E-state index contributed by atoms with van der Waals surface area (Å²) >= 11 is 0.